The highest BCUT2D eigenvalue weighted by atomic mass is 16.6. The molecule has 4 rings (SSSR count). The van der Waals surface area contributed by atoms with Crippen LogP contribution in [0.2, 0.25) is 0 Å². The van der Waals surface area contributed by atoms with Gasteiger partial charge in [0.1, 0.15) is 24.0 Å². The molecular formula is C17H22N4O4. The fourth-order valence-electron chi connectivity index (χ4n) is 3.64. The number of ether oxygens (including phenoxy) is 2. The summed E-state index contributed by atoms with van der Waals surface area (Å²) >= 11 is 0. The van der Waals surface area contributed by atoms with E-state index in [1.165, 1.54) is 6.33 Å². The van der Waals surface area contributed by atoms with Crippen LogP contribution >= 0.6 is 0 Å². The van der Waals surface area contributed by atoms with Gasteiger partial charge in [-0.3, -0.25) is 9.48 Å². The molecule has 2 aliphatic rings. The lowest BCUT2D eigenvalue weighted by molar-refractivity contribution is -0.0881. The Bertz CT molecular complexity index is 729. The SMILES string of the molecule is Cc1occc1C(=O)N1CCOCC2(CCC(Cn3cncn3)O2)C1. The summed E-state index contributed by atoms with van der Waals surface area (Å²) < 4.78 is 19.2. The van der Waals surface area contributed by atoms with E-state index in [4.69, 9.17) is 13.9 Å². The number of carbonyl (C=O) groups is 1. The van der Waals surface area contributed by atoms with E-state index < -0.39 is 5.60 Å². The molecule has 2 fully saturated rings. The Kier molecular flexibility index (Phi) is 4.30. The van der Waals surface area contributed by atoms with Crippen molar-refractivity contribution < 1.29 is 18.7 Å². The van der Waals surface area contributed by atoms with Gasteiger partial charge in [-0.1, -0.05) is 0 Å². The first-order valence-electron chi connectivity index (χ1n) is 8.57. The summed E-state index contributed by atoms with van der Waals surface area (Å²) in [5.74, 6) is 0.611. The summed E-state index contributed by atoms with van der Waals surface area (Å²) in [6.07, 6.45) is 6.59. The molecule has 1 spiro atoms. The number of furan rings is 1. The van der Waals surface area contributed by atoms with Gasteiger partial charge in [0.05, 0.1) is 44.2 Å². The van der Waals surface area contributed by atoms with Crippen LogP contribution in [0.3, 0.4) is 0 Å². The molecule has 0 saturated carbocycles. The molecule has 2 atom stereocenters. The highest BCUT2D eigenvalue weighted by Gasteiger charge is 2.44. The molecule has 2 aromatic rings. The smallest absolute Gasteiger partial charge is 0.257 e. The maximum absolute atomic E-state index is 12.8. The molecule has 2 saturated heterocycles. The van der Waals surface area contributed by atoms with Gasteiger partial charge in [0.25, 0.3) is 5.91 Å². The zero-order valence-electron chi connectivity index (χ0n) is 14.3. The van der Waals surface area contributed by atoms with Crippen molar-refractivity contribution in [3.63, 3.8) is 0 Å². The Labute approximate surface area is 145 Å². The Balaban J connectivity index is 1.46. The second kappa shape index (κ2) is 6.61. The number of hydrogen-bond donors (Lipinski definition) is 0. The second-order valence-electron chi connectivity index (χ2n) is 6.75. The van der Waals surface area contributed by atoms with Gasteiger partial charge in [0, 0.05) is 6.54 Å². The van der Waals surface area contributed by atoms with E-state index in [9.17, 15) is 4.79 Å². The standard InChI is InChI=1S/C17H22N4O4/c1-13-15(3-6-24-13)16(22)20-5-7-23-10-17(9-20)4-2-14(25-17)8-21-12-18-11-19-21/h3,6,11-12,14H,2,4-5,7-10H2,1H3. The predicted octanol–water partition coefficient (Wildman–Crippen LogP) is 1.27. The molecule has 0 radical (unpaired) electrons. The molecule has 25 heavy (non-hydrogen) atoms. The summed E-state index contributed by atoms with van der Waals surface area (Å²) in [7, 11) is 0. The Morgan fingerprint density at radius 3 is 3.16 bits per heavy atom. The molecule has 134 valence electrons. The number of nitrogens with zero attached hydrogens (tertiary/aromatic N) is 4. The number of amides is 1. The Morgan fingerprint density at radius 1 is 1.48 bits per heavy atom. The van der Waals surface area contributed by atoms with E-state index in [0.717, 1.165) is 12.8 Å². The maximum atomic E-state index is 12.8. The number of aromatic nitrogens is 3. The van der Waals surface area contributed by atoms with Gasteiger partial charge in [-0.2, -0.15) is 5.10 Å². The molecule has 2 unspecified atom stereocenters. The Morgan fingerprint density at radius 2 is 2.40 bits per heavy atom. The van der Waals surface area contributed by atoms with E-state index in [0.29, 0.717) is 44.2 Å². The lowest BCUT2D eigenvalue weighted by Crippen LogP contribution is -2.47. The van der Waals surface area contributed by atoms with Crippen molar-refractivity contribution in [2.45, 2.75) is 38.0 Å². The monoisotopic (exact) mass is 346 g/mol. The molecule has 0 aliphatic carbocycles. The van der Waals surface area contributed by atoms with Crippen LogP contribution in [0.4, 0.5) is 0 Å². The average Bonchev–Trinajstić information content (AvgIpc) is 3.30. The van der Waals surface area contributed by atoms with E-state index in [-0.39, 0.29) is 12.0 Å². The topological polar surface area (TPSA) is 82.6 Å². The van der Waals surface area contributed by atoms with E-state index in [1.807, 2.05) is 4.90 Å². The number of aryl methyl sites for hydroxylation is 1. The van der Waals surface area contributed by atoms with Crippen LogP contribution in [0.5, 0.6) is 0 Å². The molecular weight excluding hydrogens is 324 g/mol. The van der Waals surface area contributed by atoms with Gasteiger partial charge in [-0.15, -0.1) is 0 Å². The minimum absolute atomic E-state index is 0.0283. The highest BCUT2D eigenvalue weighted by molar-refractivity contribution is 5.95. The van der Waals surface area contributed by atoms with Crippen LogP contribution in [0.25, 0.3) is 0 Å². The van der Waals surface area contributed by atoms with Crippen LogP contribution in [-0.2, 0) is 16.0 Å². The van der Waals surface area contributed by atoms with Crippen molar-refractivity contribution in [1.82, 2.24) is 19.7 Å². The third-order valence-electron chi connectivity index (χ3n) is 4.92. The maximum Gasteiger partial charge on any atom is 0.257 e. The van der Waals surface area contributed by atoms with Crippen molar-refractivity contribution in [3.8, 4) is 0 Å². The molecule has 8 heteroatoms. The van der Waals surface area contributed by atoms with E-state index in [2.05, 4.69) is 10.1 Å². The minimum atomic E-state index is -0.449. The fourth-order valence-corrected chi connectivity index (χ4v) is 3.64. The summed E-state index contributed by atoms with van der Waals surface area (Å²) in [5.41, 5.74) is 0.156. The molecule has 0 N–H and O–H groups in total. The van der Waals surface area contributed by atoms with Crippen molar-refractivity contribution >= 4 is 5.91 Å². The van der Waals surface area contributed by atoms with Gasteiger partial charge in [-0.25, -0.2) is 4.98 Å². The largest absolute Gasteiger partial charge is 0.469 e. The van der Waals surface area contributed by atoms with Crippen LogP contribution in [0.1, 0.15) is 29.0 Å². The molecule has 1 amide bonds. The minimum Gasteiger partial charge on any atom is -0.469 e. The molecule has 2 aliphatic heterocycles. The summed E-state index contributed by atoms with van der Waals surface area (Å²) in [6, 6.07) is 1.72. The van der Waals surface area contributed by atoms with Crippen LogP contribution in [-0.4, -0.2) is 63.6 Å². The van der Waals surface area contributed by atoms with Gasteiger partial charge in [0.15, 0.2) is 0 Å². The fraction of sp³-hybridized carbons (Fsp3) is 0.588. The van der Waals surface area contributed by atoms with Crippen molar-refractivity contribution in [3.05, 3.63) is 36.3 Å². The van der Waals surface area contributed by atoms with Crippen molar-refractivity contribution in [2.75, 3.05) is 26.3 Å². The lowest BCUT2D eigenvalue weighted by Gasteiger charge is -2.32. The molecule has 4 heterocycles. The summed E-state index contributed by atoms with van der Waals surface area (Å²) in [4.78, 5) is 18.6. The molecule has 2 aromatic heterocycles. The number of carbonyl (C=O) groups excluding carboxylic acids is 1. The van der Waals surface area contributed by atoms with Crippen LogP contribution in [0, 0.1) is 6.92 Å². The zero-order valence-corrected chi connectivity index (χ0v) is 14.3. The van der Waals surface area contributed by atoms with Gasteiger partial charge >= 0.3 is 0 Å². The quantitative estimate of drug-likeness (QED) is 0.832. The predicted molar refractivity (Wildman–Crippen MR) is 87.0 cm³/mol. The number of rotatable bonds is 3. The third-order valence-corrected chi connectivity index (χ3v) is 4.92. The van der Waals surface area contributed by atoms with Crippen molar-refractivity contribution in [2.24, 2.45) is 0 Å². The third kappa shape index (κ3) is 3.32. The molecule has 0 aromatic carbocycles. The number of hydrogen-bond acceptors (Lipinski definition) is 6. The van der Waals surface area contributed by atoms with Crippen LogP contribution < -0.4 is 0 Å². The molecule has 8 nitrogen and oxygen atoms in total. The zero-order chi connectivity index (χ0) is 17.3. The lowest BCUT2D eigenvalue weighted by atomic mass is 9.99. The average molecular weight is 346 g/mol. The van der Waals surface area contributed by atoms with Gasteiger partial charge in [-0.05, 0) is 25.8 Å². The molecule has 0 bridgehead atoms. The normalized spacial score (nSPS) is 26.9. The van der Waals surface area contributed by atoms with E-state index in [1.54, 1.807) is 30.3 Å². The highest BCUT2D eigenvalue weighted by Crippen LogP contribution is 2.34. The van der Waals surface area contributed by atoms with Gasteiger partial charge < -0.3 is 18.8 Å². The van der Waals surface area contributed by atoms with E-state index >= 15 is 0 Å². The summed E-state index contributed by atoms with van der Waals surface area (Å²) in [6.45, 7) is 4.58. The summed E-state index contributed by atoms with van der Waals surface area (Å²) in [5, 5.41) is 4.14. The van der Waals surface area contributed by atoms with Gasteiger partial charge in [0.2, 0.25) is 0 Å². The Hall–Kier alpha value is -2.19. The van der Waals surface area contributed by atoms with Crippen molar-refractivity contribution in [1.29, 1.82) is 0 Å². The second-order valence-corrected chi connectivity index (χ2v) is 6.75. The first-order chi connectivity index (χ1) is 12.2. The first kappa shape index (κ1) is 16.3. The van der Waals surface area contributed by atoms with Crippen LogP contribution in [0.15, 0.2) is 29.4 Å². The first-order valence-corrected chi connectivity index (χ1v) is 8.57.